The van der Waals surface area contributed by atoms with E-state index in [2.05, 4.69) is 30.8 Å². The normalized spacial score (nSPS) is 20.3. The summed E-state index contributed by atoms with van der Waals surface area (Å²) < 4.78 is 6.19. The van der Waals surface area contributed by atoms with Gasteiger partial charge in [0, 0.05) is 31.6 Å². The molecule has 0 saturated carbocycles. The van der Waals surface area contributed by atoms with Crippen molar-refractivity contribution in [3.63, 3.8) is 0 Å². The Morgan fingerprint density at radius 1 is 1.26 bits per heavy atom. The lowest BCUT2D eigenvalue weighted by molar-refractivity contribution is -0.0391. The number of ether oxygens (including phenoxy) is 1. The van der Waals surface area contributed by atoms with Gasteiger partial charge in [-0.15, -0.1) is 0 Å². The standard InChI is InChI=1S/C16H23BrN4O2/c1-15(2,3)23-14(22)21-10-16(11-21)5-4-6-20(9-16)13-8-18-12(17)7-19-13/h7-8H,4-6,9-11H2,1-3H3. The van der Waals surface area contributed by atoms with Crippen molar-refractivity contribution in [3.8, 4) is 0 Å². The van der Waals surface area contributed by atoms with Gasteiger partial charge in [-0.05, 0) is 49.5 Å². The van der Waals surface area contributed by atoms with E-state index in [1.807, 2.05) is 25.7 Å². The average Bonchev–Trinajstić information content (AvgIpc) is 2.43. The molecule has 2 aliphatic rings. The monoisotopic (exact) mass is 382 g/mol. The molecule has 0 N–H and O–H groups in total. The summed E-state index contributed by atoms with van der Waals surface area (Å²) in [4.78, 5) is 24.9. The number of aromatic nitrogens is 2. The molecule has 2 saturated heterocycles. The SMILES string of the molecule is CC(C)(C)OC(=O)N1CC2(CCCN(c3cnc(Br)cn3)C2)C1. The van der Waals surface area contributed by atoms with Gasteiger partial charge in [0.05, 0.1) is 12.4 Å². The first kappa shape index (κ1) is 16.5. The zero-order valence-corrected chi connectivity index (χ0v) is 15.5. The predicted molar refractivity (Wildman–Crippen MR) is 91.4 cm³/mol. The topological polar surface area (TPSA) is 58.6 Å². The molecule has 0 unspecified atom stereocenters. The number of halogens is 1. The Morgan fingerprint density at radius 2 is 2.00 bits per heavy atom. The van der Waals surface area contributed by atoms with Gasteiger partial charge >= 0.3 is 6.09 Å². The van der Waals surface area contributed by atoms with Crippen molar-refractivity contribution >= 4 is 27.8 Å². The minimum atomic E-state index is -0.439. The summed E-state index contributed by atoms with van der Waals surface area (Å²) in [6.07, 6.45) is 5.58. The van der Waals surface area contributed by atoms with Crippen LogP contribution < -0.4 is 4.90 Å². The molecular weight excluding hydrogens is 360 g/mol. The molecule has 0 aliphatic carbocycles. The molecule has 0 atom stereocenters. The fourth-order valence-electron chi connectivity index (χ4n) is 3.35. The van der Waals surface area contributed by atoms with Crippen LogP contribution in [0.5, 0.6) is 0 Å². The van der Waals surface area contributed by atoms with Crippen molar-refractivity contribution < 1.29 is 9.53 Å². The Hall–Kier alpha value is -1.37. The third-order valence-electron chi connectivity index (χ3n) is 4.30. The summed E-state index contributed by atoms with van der Waals surface area (Å²) in [5.74, 6) is 0.906. The first-order valence-corrected chi connectivity index (χ1v) is 8.76. The molecule has 0 bridgehead atoms. The molecule has 1 spiro atoms. The number of carbonyl (C=O) groups excluding carboxylic acids is 1. The van der Waals surface area contributed by atoms with E-state index in [1.165, 1.54) is 0 Å². The van der Waals surface area contributed by atoms with Crippen LogP contribution in [-0.4, -0.2) is 52.7 Å². The minimum absolute atomic E-state index is 0.171. The predicted octanol–water partition coefficient (Wildman–Crippen LogP) is 3.08. The lowest BCUT2D eigenvalue weighted by atomic mass is 9.73. The van der Waals surface area contributed by atoms with Gasteiger partial charge < -0.3 is 14.5 Å². The largest absolute Gasteiger partial charge is 0.444 e. The highest BCUT2D eigenvalue weighted by Gasteiger charge is 2.48. The lowest BCUT2D eigenvalue weighted by Gasteiger charge is -2.54. The van der Waals surface area contributed by atoms with Crippen molar-refractivity contribution in [1.29, 1.82) is 0 Å². The van der Waals surface area contributed by atoms with E-state index in [9.17, 15) is 4.79 Å². The second-order valence-corrected chi connectivity index (χ2v) is 8.37. The molecule has 126 valence electrons. The Balaban J connectivity index is 1.60. The maximum absolute atomic E-state index is 12.1. The van der Waals surface area contributed by atoms with Crippen LogP contribution in [0.4, 0.5) is 10.6 Å². The third kappa shape index (κ3) is 3.76. The van der Waals surface area contributed by atoms with E-state index in [-0.39, 0.29) is 11.5 Å². The maximum Gasteiger partial charge on any atom is 0.410 e. The number of hydrogen-bond donors (Lipinski definition) is 0. The molecule has 7 heteroatoms. The first-order valence-electron chi connectivity index (χ1n) is 7.97. The van der Waals surface area contributed by atoms with Crippen molar-refractivity contribution in [3.05, 3.63) is 17.0 Å². The first-order chi connectivity index (χ1) is 10.8. The summed E-state index contributed by atoms with van der Waals surface area (Å²) in [6, 6.07) is 0. The molecule has 1 amide bonds. The van der Waals surface area contributed by atoms with Gasteiger partial charge in [0.15, 0.2) is 0 Å². The molecule has 1 aromatic rings. The smallest absolute Gasteiger partial charge is 0.410 e. The van der Waals surface area contributed by atoms with Crippen LogP contribution >= 0.6 is 15.9 Å². The maximum atomic E-state index is 12.1. The number of nitrogens with zero attached hydrogens (tertiary/aromatic N) is 4. The Kier molecular flexibility index (Phi) is 4.25. The van der Waals surface area contributed by atoms with Gasteiger partial charge in [0.1, 0.15) is 16.0 Å². The van der Waals surface area contributed by atoms with E-state index >= 15 is 0 Å². The number of likely N-dealkylation sites (tertiary alicyclic amines) is 1. The van der Waals surface area contributed by atoms with Crippen LogP contribution in [-0.2, 0) is 4.74 Å². The number of anilines is 1. The highest BCUT2D eigenvalue weighted by molar-refractivity contribution is 9.10. The molecular formula is C16H23BrN4O2. The molecule has 23 heavy (non-hydrogen) atoms. The molecule has 3 rings (SSSR count). The molecule has 1 aromatic heterocycles. The van der Waals surface area contributed by atoms with Crippen molar-refractivity contribution in [1.82, 2.24) is 14.9 Å². The van der Waals surface area contributed by atoms with Gasteiger partial charge in [0.25, 0.3) is 0 Å². The molecule has 2 aliphatic heterocycles. The summed E-state index contributed by atoms with van der Waals surface area (Å²) in [7, 11) is 0. The number of hydrogen-bond acceptors (Lipinski definition) is 5. The Bertz CT molecular complexity index is 579. The van der Waals surface area contributed by atoms with Crippen LogP contribution in [0.15, 0.2) is 17.0 Å². The van der Waals surface area contributed by atoms with Crippen LogP contribution in [0.25, 0.3) is 0 Å². The summed E-state index contributed by atoms with van der Waals surface area (Å²) in [6.45, 7) is 9.14. The van der Waals surface area contributed by atoms with E-state index < -0.39 is 5.60 Å². The van der Waals surface area contributed by atoms with Crippen LogP contribution in [0, 0.1) is 5.41 Å². The van der Waals surface area contributed by atoms with Crippen LogP contribution in [0.3, 0.4) is 0 Å². The number of carbonyl (C=O) groups is 1. The molecule has 0 aromatic carbocycles. The summed E-state index contributed by atoms with van der Waals surface area (Å²) >= 11 is 3.31. The quantitative estimate of drug-likeness (QED) is 0.746. The second-order valence-electron chi connectivity index (χ2n) is 7.56. The van der Waals surface area contributed by atoms with E-state index in [4.69, 9.17) is 4.74 Å². The highest BCUT2D eigenvalue weighted by atomic mass is 79.9. The number of rotatable bonds is 1. The van der Waals surface area contributed by atoms with E-state index in [0.29, 0.717) is 0 Å². The Morgan fingerprint density at radius 3 is 2.61 bits per heavy atom. The summed E-state index contributed by atoms with van der Waals surface area (Å²) in [5, 5.41) is 0. The molecule has 3 heterocycles. The van der Waals surface area contributed by atoms with Crippen LogP contribution in [0.1, 0.15) is 33.6 Å². The van der Waals surface area contributed by atoms with Crippen molar-refractivity contribution in [2.24, 2.45) is 5.41 Å². The molecule has 2 fully saturated rings. The number of amides is 1. The summed E-state index contributed by atoms with van der Waals surface area (Å²) in [5.41, 5.74) is -0.268. The number of piperidine rings is 1. The fourth-order valence-corrected chi connectivity index (χ4v) is 3.55. The van der Waals surface area contributed by atoms with Gasteiger partial charge in [0.2, 0.25) is 0 Å². The fraction of sp³-hybridized carbons (Fsp3) is 0.688. The Labute approximate surface area is 145 Å². The van der Waals surface area contributed by atoms with E-state index in [1.54, 1.807) is 12.4 Å². The lowest BCUT2D eigenvalue weighted by Crippen LogP contribution is -2.64. The van der Waals surface area contributed by atoms with Gasteiger partial charge in [-0.1, -0.05) is 0 Å². The minimum Gasteiger partial charge on any atom is -0.444 e. The second kappa shape index (κ2) is 5.92. The van der Waals surface area contributed by atoms with Gasteiger partial charge in [-0.25, -0.2) is 14.8 Å². The van der Waals surface area contributed by atoms with E-state index in [0.717, 1.165) is 49.4 Å². The zero-order valence-electron chi connectivity index (χ0n) is 13.9. The average molecular weight is 383 g/mol. The zero-order chi connectivity index (χ0) is 16.7. The third-order valence-corrected chi connectivity index (χ3v) is 4.71. The van der Waals surface area contributed by atoms with Crippen molar-refractivity contribution in [2.75, 3.05) is 31.1 Å². The van der Waals surface area contributed by atoms with Gasteiger partial charge in [-0.2, -0.15) is 0 Å². The molecule has 0 radical (unpaired) electrons. The van der Waals surface area contributed by atoms with Crippen LogP contribution in [0.2, 0.25) is 0 Å². The highest BCUT2D eigenvalue weighted by Crippen LogP contribution is 2.40. The van der Waals surface area contributed by atoms with Crippen molar-refractivity contribution in [2.45, 2.75) is 39.2 Å². The molecule has 6 nitrogen and oxygen atoms in total. The van der Waals surface area contributed by atoms with Gasteiger partial charge in [-0.3, -0.25) is 0 Å².